The maximum Gasteiger partial charge on any atom is 0.225 e. The van der Waals surface area contributed by atoms with Crippen LogP contribution in [0.15, 0.2) is 12.4 Å². The van der Waals surface area contributed by atoms with Gasteiger partial charge in [0.15, 0.2) is 0 Å². The molecule has 2 bridgehead atoms. The molecule has 5 heteroatoms. The fourth-order valence-electron chi connectivity index (χ4n) is 2.43. The van der Waals surface area contributed by atoms with Crippen molar-refractivity contribution >= 4 is 28.5 Å². The van der Waals surface area contributed by atoms with Gasteiger partial charge >= 0.3 is 0 Å². The lowest BCUT2D eigenvalue weighted by molar-refractivity contribution is 0.460. The van der Waals surface area contributed by atoms with E-state index in [2.05, 4.69) is 42.8 Å². The summed E-state index contributed by atoms with van der Waals surface area (Å²) in [6.45, 7) is 2.11. The molecule has 1 aromatic heterocycles. The molecule has 4 nitrogen and oxygen atoms in total. The van der Waals surface area contributed by atoms with Crippen molar-refractivity contribution < 1.29 is 0 Å². The number of nitrogens with one attached hydrogen (secondary N) is 1. The third kappa shape index (κ3) is 1.94. The highest BCUT2D eigenvalue weighted by molar-refractivity contribution is 14.1. The number of anilines is 1. The highest BCUT2D eigenvalue weighted by atomic mass is 127. The Morgan fingerprint density at radius 1 is 1.20 bits per heavy atom. The summed E-state index contributed by atoms with van der Waals surface area (Å²) in [6, 6.07) is 1.29. The molecule has 2 unspecified atom stereocenters. The van der Waals surface area contributed by atoms with Gasteiger partial charge in [0.25, 0.3) is 0 Å². The Hall–Kier alpha value is -0.430. The second-order valence-corrected chi connectivity index (χ2v) is 5.49. The lowest BCUT2D eigenvalue weighted by Crippen LogP contribution is -2.51. The molecule has 2 aliphatic heterocycles. The van der Waals surface area contributed by atoms with Gasteiger partial charge in [0.1, 0.15) is 0 Å². The molecule has 15 heavy (non-hydrogen) atoms. The van der Waals surface area contributed by atoms with Crippen LogP contribution in [0.25, 0.3) is 0 Å². The molecule has 3 heterocycles. The average Bonchev–Trinajstić information content (AvgIpc) is 2.59. The zero-order valence-electron chi connectivity index (χ0n) is 8.36. The summed E-state index contributed by atoms with van der Waals surface area (Å²) < 4.78 is 1.09. The lowest BCUT2D eigenvalue weighted by atomic mass is 10.2. The second kappa shape index (κ2) is 3.86. The molecular formula is C10H13IN4. The topological polar surface area (TPSA) is 41.1 Å². The van der Waals surface area contributed by atoms with Gasteiger partial charge in [0.2, 0.25) is 5.95 Å². The minimum absolute atomic E-state index is 0.645. The van der Waals surface area contributed by atoms with Gasteiger partial charge in [0.05, 0.1) is 0 Å². The van der Waals surface area contributed by atoms with Crippen LogP contribution in [0.1, 0.15) is 12.8 Å². The predicted molar refractivity (Wildman–Crippen MR) is 66.9 cm³/mol. The van der Waals surface area contributed by atoms with Crippen molar-refractivity contribution in [2.45, 2.75) is 24.9 Å². The summed E-state index contributed by atoms with van der Waals surface area (Å²) in [5, 5.41) is 3.60. The van der Waals surface area contributed by atoms with Crippen LogP contribution in [0, 0.1) is 3.57 Å². The van der Waals surface area contributed by atoms with Gasteiger partial charge in [-0.3, -0.25) is 0 Å². The van der Waals surface area contributed by atoms with E-state index < -0.39 is 0 Å². The lowest BCUT2D eigenvalue weighted by Gasteiger charge is -2.32. The number of hydrogen-bond acceptors (Lipinski definition) is 4. The van der Waals surface area contributed by atoms with Crippen molar-refractivity contribution in [3.05, 3.63) is 16.0 Å². The summed E-state index contributed by atoms with van der Waals surface area (Å²) >= 11 is 2.23. The normalized spacial score (nSPS) is 29.5. The molecule has 0 spiro atoms. The fourth-order valence-corrected chi connectivity index (χ4v) is 2.71. The van der Waals surface area contributed by atoms with E-state index in [0.29, 0.717) is 12.1 Å². The van der Waals surface area contributed by atoms with E-state index in [0.717, 1.165) is 22.6 Å². The van der Waals surface area contributed by atoms with Crippen molar-refractivity contribution in [2.75, 3.05) is 18.0 Å². The molecule has 0 saturated carbocycles. The standard InChI is InChI=1S/C10H13IN4/c11-7-3-12-10(13-4-7)15-5-8-1-2-9(6-15)14-8/h3-4,8-9,14H,1-2,5-6H2. The molecule has 1 N–H and O–H groups in total. The first-order valence-corrected chi connectivity index (χ1v) is 6.38. The highest BCUT2D eigenvalue weighted by Gasteiger charge is 2.32. The van der Waals surface area contributed by atoms with Crippen LogP contribution in [0.4, 0.5) is 5.95 Å². The Morgan fingerprint density at radius 2 is 1.80 bits per heavy atom. The van der Waals surface area contributed by atoms with Crippen LogP contribution in [0.2, 0.25) is 0 Å². The molecular weight excluding hydrogens is 303 g/mol. The maximum absolute atomic E-state index is 4.38. The Labute approximate surface area is 103 Å². The molecule has 0 aromatic carbocycles. The van der Waals surface area contributed by atoms with Gasteiger partial charge in [-0.25, -0.2) is 9.97 Å². The first-order chi connectivity index (χ1) is 7.31. The SMILES string of the molecule is Ic1cnc(N2CC3CCC(C2)N3)nc1. The zero-order chi connectivity index (χ0) is 10.3. The number of hydrogen-bond donors (Lipinski definition) is 1. The van der Waals surface area contributed by atoms with Crippen LogP contribution in [-0.4, -0.2) is 35.1 Å². The van der Waals surface area contributed by atoms with Gasteiger partial charge in [-0.2, -0.15) is 0 Å². The molecule has 2 aliphatic rings. The third-order valence-corrected chi connectivity index (χ3v) is 3.66. The zero-order valence-corrected chi connectivity index (χ0v) is 10.5. The van der Waals surface area contributed by atoms with Gasteiger partial charge in [-0.05, 0) is 35.4 Å². The van der Waals surface area contributed by atoms with Gasteiger partial charge in [0, 0.05) is 41.1 Å². The fraction of sp³-hybridized carbons (Fsp3) is 0.600. The quantitative estimate of drug-likeness (QED) is 0.786. The first-order valence-electron chi connectivity index (χ1n) is 5.30. The second-order valence-electron chi connectivity index (χ2n) is 4.24. The Balaban J connectivity index is 1.80. The Kier molecular flexibility index (Phi) is 2.51. The molecule has 2 fully saturated rings. The first kappa shape index (κ1) is 9.77. The average molecular weight is 316 g/mol. The van der Waals surface area contributed by atoms with Gasteiger partial charge < -0.3 is 10.2 Å². The summed E-state index contributed by atoms with van der Waals surface area (Å²) in [5.74, 6) is 0.883. The van der Waals surface area contributed by atoms with E-state index in [9.17, 15) is 0 Å². The Bertz CT molecular complexity index is 341. The maximum atomic E-state index is 4.38. The van der Waals surface area contributed by atoms with E-state index in [4.69, 9.17) is 0 Å². The summed E-state index contributed by atoms with van der Waals surface area (Å²) in [5.41, 5.74) is 0. The van der Waals surface area contributed by atoms with Crippen molar-refractivity contribution in [2.24, 2.45) is 0 Å². The summed E-state index contributed by atoms with van der Waals surface area (Å²) in [4.78, 5) is 11.1. The van der Waals surface area contributed by atoms with Crippen LogP contribution in [-0.2, 0) is 0 Å². The van der Waals surface area contributed by atoms with E-state index in [1.54, 1.807) is 0 Å². The number of halogens is 1. The third-order valence-electron chi connectivity index (χ3n) is 3.11. The minimum atomic E-state index is 0.645. The van der Waals surface area contributed by atoms with E-state index in [-0.39, 0.29) is 0 Å². The molecule has 0 amide bonds. The number of piperazine rings is 1. The smallest absolute Gasteiger partial charge is 0.225 e. The number of rotatable bonds is 1. The largest absolute Gasteiger partial charge is 0.338 e. The van der Waals surface area contributed by atoms with Crippen LogP contribution in [0.5, 0.6) is 0 Å². The Morgan fingerprint density at radius 3 is 2.40 bits per heavy atom. The molecule has 80 valence electrons. The molecule has 1 aromatic rings. The van der Waals surface area contributed by atoms with Gasteiger partial charge in [-0.15, -0.1) is 0 Å². The highest BCUT2D eigenvalue weighted by Crippen LogP contribution is 2.22. The summed E-state index contributed by atoms with van der Waals surface area (Å²) in [6.07, 6.45) is 6.36. The van der Waals surface area contributed by atoms with Crippen molar-refractivity contribution in [1.29, 1.82) is 0 Å². The number of nitrogens with zero attached hydrogens (tertiary/aromatic N) is 3. The van der Waals surface area contributed by atoms with Gasteiger partial charge in [-0.1, -0.05) is 0 Å². The molecule has 2 saturated heterocycles. The molecule has 0 aliphatic carbocycles. The minimum Gasteiger partial charge on any atom is -0.338 e. The van der Waals surface area contributed by atoms with E-state index in [1.165, 1.54) is 12.8 Å². The summed E-state index contributed by atoms with van der Waals surface area (Å²) in [7, 11) is 0. The number of fused-ring (bicyclic) bond motifs is 2. The van der Waals surface area contributed by atoms with Crippen LogP contribution < -0.4 is 10.2 Å². The monoisotopic (exact) mass is 316 g/mol. The molecule has 3 rings (SSSR count). The number of aromatic nitrogens is 2. The van der Waals surface area contributed by atoms with E-state index >= 15 is 0 Å². The van der Waals surface area contributed by atoms with Crippen LogP contribution >= 0.6 is 22.6 Å². The molecule has 0 radical (unpaired) electrons. The predicted octanol–water partition coefficient (Wildman–Crippen LogP) is 1.02. The molecule has 2 atom stereocenters. The van der Waals surface area contributed by atoms with Crippen molar-refractivity contribution in [3.8, 4) is 0 Å². The van der Waals surface area contributed by atoms with E-state index in [1.807, 2.05) is 12.4 Å². The van der Waals surface area contributed by atoms with Crippen molar-refractivity contribution in [1.82, 2.24) is 15.3 Å². The van der Waals surface area contributed by atoms with Crippen molar-refractivity contribution in [3.63, 3.8) is 0 Å². The van der Waals surface area contributed by atoms with Crippen LogP contribution in [0.3, 0.4) is 0 Å².